The summed E-state index contributed by atoms with van der Waals surface area (Å²) in [6.07, 6.45) is 1.66. The molecule has 0 radical (unpaired) electrons. The molecule has 8 nitrogen and oxygen atoms in total. The van der Waals surface area contributed by atoms with Crippen molar-refractivity contribution in [3.63, 3.8) is 0 Å². The fourth-order valence-electron chi connectivity index (χ4n) is 3.64. The normalized spacial score (nSPS) is 14.5. The molecule has 3 aromatic rings. The first kappa shape index (κ1) is 20.9. The topological polar surface area (TPSA) is 113 Å². The first-order valence-electron chi connectivity index (χ1n) is 9.76. The minimum atomic E-state index is -1.08. The maximum atomic E-state index is 11.7. The zero-order chi connectivity index (χ0) is 22.0. The number of carbonyl (C=O) groups is 2. The van der Waals surface area contributed by atoms with Crippen LogP contribution in [0.25, 0.3) is 11.3 Å². The molecular formula is C22H21ClN4O4. The molecule has 0 spiro atoms. The molecule has 0 saturated carbocycles. The number of halogens is 1. The van der Waals surface area contributed by atoms with Crippen molar-refractivity contribution in [3.8, 4) is 11.3 Å². The van der Waals surface area contributed by atoms with E-state index in [0.29, 0.717) is 42.3 Å². The van der Waals surface area contributed by atoms with Crippen molar-refractivity contribution in [1.82, 2.24) is 9.88 Å². The summed E-state index contributed by atoms with van der Waals surface area (Å²) in [5.41, 5.74) is 6.59. The number of benzene rings is 1. The summed E-state index contributed by atoms with van der Waals surface area (Å²) in [5, 5.41) is 9.44. The lowest BCUT2D eigenvalue weighted by atomic mass is 10.1. The molecule has 2 aromatic heterocycles. The SMILES string of the molecule is NC(=O)c1cccnc1N1CCN(Cc2ccc(-c3ccc(Cl)c(C(=O)O)c3)o2)CC1. The van der Waals surface area contributed by atoms with Gasteiger partial charge in [-0.3, -0.25) is 9.69 Å². The number of carboxylic acids is 1. The van der Waals surface area contributed by atoms with E-state index in [9.17, 15) is 14.7 Å². The van der Waals surface area contributed by atoms with Crippen LogP contribution in [0, 0.1) is 0 Å². The number of amides is 1. The van der Waals surface area contributed by atoms with Crippen LogP contribution >= 0.6 is 11.6 Å². The quantitative estimate of drug-likeness (QED) is 0.605. The van der Waals surface area contributed by atoms with Crippen LogP contribution in [0.15, 0.2) is 53.1 Å². The van der Waals surface area contributed by atoms with Crippen LogP contribution in [0.2, 0.25) is 5.02 Å². The van der Waals surface area contributed by atoms with Crippen LogP contribution in [0.3, 0.4) is 0 Å². The summed E-state index contributed by atoms with van der Waals surface area (Å²) in [4.78, 5) is 31.6. The Labute approximate surface area is 183 Å². The molecule has 0 atom stereocenters. The Bertz CT molecular complexity index is 1120. The number of pyridine rings is 1. The average Bonchev–Trinajstić information content (AvgIpc) is 3.23. The van der Waals surface area contributed by atoms with E-state index < -0.39 is 11.9 Å². The van der Waals surface area contributed by atoms with E-state index in [-0.39, 0.29) is 10.6 Å². The standard InChI is InChI=1S/C22H21ClN4O4/c23-18-5-3-14(12-17(18)22(29)30)19-6-4-15(31-19)13-26-8-10-27(11-9-26)21-16(20(24)28)2-1-7-25-21/h1-7,12H,8-11,13H2,(H2,24,28)(H,29,30). The number of nitrogens with zero attached hydrogens (tertiary/aromatic N) is 3. The first-order chi connectivity index (χ1) is 14.9. The molecule has 1 amide bonds. The van der Waals surface area contributed by atoms with Crippen LogP contribution in [0.5, 0.6) is 0 Å². The summed E-state index contributed by atoms with van der Waals surface area (Å²) in [7, 11) is 0. The van der Waals surface area contributed by atoms with Gasteiger partial charge in [-0.1, -0.05) is 11.6 Å². The van der Waals surface area contributed by atoms with Crippen LogP contribution < -0.4 is 10.6 Å². The third-order valence-corrected chi connectivity index (χ3v) is 5.58. The molecule has 9 heteroatoms. The Hall–Kier alpha value is -3.36. The van der Waals surface area contributed by atoms with Crippen LogP contribution in [-0.4, -0.2) is 53.0 Å². The number of aromatic nitrogens is 1. The highest BCUT2D eigenvalue weighted by Crippen LogP contribution is 2.28. The second kappa shape index (κ2) is 8.79. The predicted molar refractivity (Wildman–Crippen MR) is 116 cm³/mol. The van der Waals surface area contributed by atoms with Crippen LogP contribution in [0.4, 0.5) is 5.82 Å². The Morgan fingerprint density at radius 3 is 2.58 bits per heavy atom. The first-order valence-corrected chi connectivity index (χ1v) is 10.1. The van der Waals surface area contributed by atoms with Gasteiger partial charge in [0.05, 0.1) is 22.7 Å². The second-order valence-corrected chi connectivity index (χ2v) is 7.67. The van der Waals surface area contributed by atoms with Gasteiger partial charge in [0.1, 0.15) is 17.3 Å². The Balaban J connectivity index is 1.40. The van der Waals surface area contributed by atoms with E-state index in [1.807, 2.05) is 12.1 Å². The molecule has 4 rings (SSSR count). The van der Waals surface area contributed by atoms with E-state index in [1.165, 1.54) is 6.07 Å². The number of piperazine rings is 1. The molecule has 1 aromatic carbocycles. The summed E-state index contributed by atoms with van der Waals surface area (Å²) in [6, 6.07) is 11.9. The maximum Gasteiger partial charge on any atom is 0.337 e. The van der Waals surface area contributed by atoms with Gasteiger partial charge in [0, 0.05) is 37.9 Å². The van der Waals surface area contributed by atoms with E-state index >= 15 is 0 Å². The van der Waals surface area contributed by atoms with Gasteiger partial charge in [0.25, 0.3) is 5.91 Å². The van der Waals surface area contributed by atoms with Gasteiger partial charge < -0.3 is 20.2 Å². The van der Waals surface area contributed by atoms with Crippen molar-refractivity contribution in [1.29, 1.82) is 0 Å². The van der Waals surface area contributed by atoms with Gasteiger partial charge in [0.2, 0.25) is 0 Å². The van der Waals surface area contributed by atoms with Gasteiger partial charge in [0.15, 0.2) is 0 Å². The number of aromatic carboxylic acids is 1. The largest absolute Gasteiger partial charge is 0.478 e. The van der Waals surface area contributed by atoms with Crippen molar-refractivity contribution in [2.75, 3.05) is 31.1 Å². The number of anilines is 1. The monoisotopic (exact) mass is 440 g/mol. The third-order valence-electron chi connectivity index (χ3n) is 5.25. The number of rotatable bonds is 6. The molecule has 3 heterocycles. The van der Waals surface area contributed by atoms with Crippen LogP contribution in [0.1, 0.15) is 26.5 Å². The van der Waals surface area contributed by atoms with E-state index in [0.717, 1.165) is 18.8 Å². The third kappa shape index (κ3) is 4.55. The number of nitrogens with two attached hydrogens (primary N) is 1. The minimum Gasteiger partial charge on any atom is -0.478 e. The fraction of sp³-hybridized carbons (Fsp3) is 0.227. The fourth-order valence-corrected chi connectivity index (χ4v) is 3.84. The number of hydrogen-bond acceptors (Lipinski definition) is 6. The Kier molecular flexibility index (Phi) is 5.92. The smallest absolute Gasteiger partial charge is 0.337 e. The molecule has 3 N–H and O–H groups in total. The molecule has 0 bridgehead atoms. The number of carbonyl (C=O) groups excluding carboxylic acids is 1. The molecule has 1 fully saturated rings. The number of carboxylic acid groups (broad SMARTS) is 1. The molecule has 1 saturated heterocycles. The minimum absolute atomic E-state index is 0.0399. The van der Waals surface area contributed by atoms with E-state index in [1.54, 1.807) is 30.5 Å². The highest BCUT2D eigenvalue weighted by atomic mass is 35.5. The van der Waals surface area contributed by atoms with Gasteiger partial charge in [-0.25, -0.2) is 9.78 Å². The van der Waals surface area contributed by atoms with Gasteiger partial charge >= 0.3 is 5.97 Å². The second-order valence-electron chi connectivity index (χ2n) is 7.27. The average molecular weight is 441 g/mol. The molecule has 31 heavy (non-hydrogen) atoms. The highest BCUT2D eigenvalue weighted by molar-refractivity contribution is 6.33. The Morgan fingerprint density at radius 2 is 1.87 bits per heavy atom. The van der Waals surface area contributed by atoms with Gasteiger partial charge in [-0.15, -0.1) is 0 Å². The van der Waals surface area contributed by atoms with E-state index in [2.05, 4.69) is 14.8 Å². The zero-order valence-corrected chi connectivity index (χ0v) is 17.4. The number of primary amides is 1. The molecule has 1 aliphatic heterocycles. The molecule has 160 valence electrons. The van der Waals surface area contributed by atoms with Crippen molar-refractivity contribution in [3.05, 3.63) is 70.6 Å². The maximum absolute atomic E-state index is 11.7. The van der Waals surface area contributed by atoms with Crippen molar-refractivity contribution in [2.24, 2.45) is 5.73 Å². The van der Waals surface area contributed by atoms with Crippen molar-refractivity contribution < 1.29 is 19.1 Å². The predicted octanol–water partition coefficient (Wildman–Crippen LogP) is 3.11. The van der Waals surface area contributed by atoms with Gasteiger partial charge in [-0.2, -0.15) is 0 Å². The summed E-state index contributed by atoms with van der Waals surface area (Å²) < 4.78 is 5.94. The number of furan rings is 1. The highest BCUT2D eigenvalue weighted by Gasteiger charge is 2.22. The number of hydrogen-bond donors (Lipinski definition) is 2. The van der Waals surface area contributed by atoms with Gasteiger partial charge in [-0.05, 0) is 42.5 Å². The molecule has 1 aliphatic rings. The van der Waals surface area contributed by atoms with Crippen molar-refractivity contribution >= 4 is 29.3 Å². The lowest BCUT2D eigenvalue weighted by molar-refractivity contribution is 0.0697. The Morgan fingerprint density at radius 1 is 1.10 bits per heavy atom. The molecular weight excluding hydrogens is 420 g/mol. The molecule has 0 aliphatic carbocycles. The van der Waals surface area contributed by atoms with E-state index in [4.69, 9.17) is 21.8 Å². The summed E-state index contributed by atoms with van der Waals surface area (Å²) >= 11 is 5.94. The lowest BCUT2D eigenvalue weighted by Gasteiger charge is -2.35. The lowest BCUT2D eigenvalue weighted by Crippen LogP contribution is -2.46. The zero-order valence-electron chi connectivity index (χ0n) is 16.6. The summed E-state index contributed by atoms with van der Waals surface area (Å²) in [6.45, 7) is 3.59. The van der Waals surface area contributed by atoms with Crippen LogP contribution in [-0.2, 0) is 6.54 Å². The molecule has 0 unspecified atom stereocenters. The summed E-state index contributed by atoms with van der Waals surface area (Å²) in [5.74, 6) is 0.427. The van der Waals surface area contributed by atoms with Crippen molar-refractivity contribution in [2.45, 2.75) is 6.54 Å².